The molecular formula is C11H14N4O2S. The molecule has 7 heteroatoms. The Kier molecular flexibility index (Phi) is 3.73. The summed E-state index contributed by atoms with van der Waals surface area (Å²) in [5.41, 5.74) is -0.273. The Morgan fingerprint density at radius 2 is 2.39 bits per heavy atom. The van der Waals surface area contributed by atoms with Crippen LogP contribution in [0.25, 0.3) is 4.96 Å². The molecule has 18 heavy (non-hydrogen) atoms. The fraction of sp³-hybridized carbons (Fsp3) is 0.364. The third kappa shape index (κ3) is 2.41. The summed E-state index contributed by atoms with van der Waals surface area (Å²) in [6, 6.07) is 0.148. The summed E-state index contributed by atoms with van der Waals surface area (Å²) in [7, 11) is 1.81. The van der Waals surface area contributed by atoms with Gasteiger partial charge in [0.1, 0.15) is 5.56 Å². The maximum Gasteiger partial charge on any atom is 0.271 e. The SMILES string of the molecule is CNC(C)CNC(=O)c1cnc2sccn2c1=O. The van der Waals surface area contributed by atoms with Crippen LogP contribution in [-0.2, 0) is 0 Å². The third-order valence-corrected chi connectivity index (χ3v) is 3.42. The van der Waals surface area contributed by atoms with E-state index in [1.165, 1.54) is 21.9 Å². The minimum Gasteiger partial charge on any atom is -0.350 e. The van der Waals surface area contributed by atoms with Gasteiger partial charge in [-0.3, -0.25) is 14.0 Å². The highest BCUT2D eigenvalue weighted by Crippen LogP contribution is 2.05. The van der Waals surface area contributed by atoms with Crippen LogP contribution in [0.15, 0.2) is 22.6 Å². The molecule has 0 spiro atoms. The van der Waals surface area contributed by atoms with Crippen molar-refractivity contribution in [2.24, 2.45) is 0 Å². The zero-order valence-corrected chi connectivity index (χ0v) is 11.0. The Morgan fingerprint density at radius 1 is 1.61 bits per heavy atom. The molecule has 0 aliphatic rings. The Hall–Kier alpha value is -1.73. The molecule has 2 aromatic rings. The molecule has 1 unspecified atom stereocenters. The molecule has 0 bridgehead atoms. The van der Waals surface area contributed by atoms with Crippen molar-refractivity contribution in [2.75, 3.05) is 13.6 Å². The van der Waals surface area contributed by atoms with Crippen LogP contribution < -0.4 is 16.2 Å². The van der Waals surface area contributed by atoms with Gasteiger partial charge in [0, 0.05) is 30.4 Å². The second kappa shape index (κ2) is 5.28. The van der Waals surface area contributed by atoms with Gasteiger partial charge in [0.05, 0.1) is 0 Å². The van der Waals surface area contributed by atoms with Crippen molar-refractivity contribution in [1.82, 2.24) is 20.0 Å². The number of hydrogen-bond donors (Lipinski definition) is 2. The van der Waals surface area contributed by atoms with Crippen molar-refractivity contribution in [3.63, 3.8) is 0 Å². The van der Waals surface area contributed by atoms with E-state index >= 15 is 0 Å². The second-order valence-corrected chi connectivity index (χ2v) is 4.81. The van der Waals surface area contributed by atoms with E-state index < -0.39 is 5.91 Å². The molecule has 6 nitrogen and oxygen atoms in total. The van der Waals surface area contributed by atoms with Gasteiger partial charge in [-0.1, -0.05) is 0 Å². The molecule has 2 heterocycles. The number of fused-ring (bicyclic) bond motifs is 1. The van der Waals surface area contributed by atoms with Crippen LogP contribution in [0.3, 0.4) is 0 Å². The highest BCUT2D eigenvalue weighted by molar-refractivity contribution is 7.15. The van der Waals surface area contributed by atoms with Gasteiger partial charge >= 0.3 is 0 Å². The second-order valence-electron chi connectivity index (χ2n) is 3.93. The van der Waals surface area contributed by atoms with Crippen LogP contribution in [0.2, 0.25) is 0 Å². The molecule has 96 valence electrons. The van der Waals surface area contributed by atoms with E-state index in [2.05, 4.69) is 15.6 Å². The van der Waals surface area contributed by atoms with Gasteiger partial charge in [-0.15, -0.1) is 11.3 Å². The van der Waals surface area contributed by atoms with Crippen molar-refractivity contribution in [3.05, 3.63) is 33.7 Å². The predicted octanol–water partition coefficient (Wildman–Crippen LogP) is 0.0937. The fourth-order valence-corrected chi connectivity index (χ4v) is 2.10. The molecule has 0 aliphatic carbocycles. The first kappa shape index (κ1) is 12.7. The minimum absolute atomic E-state index is 0.0641. The lowest BCUT2D eigenvalue weighted by Gasteiger charge is -2.10. The van der Waals surface area contributed by atoms with Crippen LogP contribution >= 0.6 is 11.3 Å². The van der Waals surface area contributed by atoms with Gasteiger partial charge in [0.25, 0.3) is 11.5 Å². The molecule has 0 saturated heterocycles. The molecule has 0 aromatic carbocycles. The van der Waals surface area contributed by atoms with Crippen LogP contribution in [0, 0.1) is 0 Å². The molecule has 0 saturated carbocycles. The van der Waals surface area contributed by atoms with E-state index in [-0.39, 0.29) is 17.2 Å². The summed E-state index contributed by atoms with van der Waals surface area (Å²) in [4.78, 5) is 28.5. The van der Waals surface area contributed by atoms with Crippen molar-refractivity contribution >= 4 is 22.2 Å². The number of carbonyl (C=O) groups excluding carboxylic acids is 1. The maximum absolute atomic E-state index is 12.0. The Labute approximate surface area is 108 Å². The summed E-state index contributed by atoms with van der Waals surface area (Å²) in [5, 5.41) is 7.45. The average molecular weight is 266 g/mol. The largest absolute Gasteiger partial charge is 0.350 e. The van der Waals surface area contributed by atoms with Crippen molar-refractivity contribution in [1.29, 1.82) is 0 Å². The number of thiazole rings is 1. The molecular weight excluding hydrogens is 252 g/mol. The van der Waals surface area contributed by atoms with Gasteiger partial charge in [-0.25, -0.2) is 4.98 Å². The monoisotopic (exact) mass is 266 g/mol. The number of hydrogen-bond acceptors (Lipinski definition) is 5. The normalized spacial score (nSPS) is 12.6. The average Bonchev–Trinajstić information content (AvgIpc) is 2.85. The predicted molar refractivity (Wildman–Crippen MR) is 70.2 cm³/mol. The number of likely N-dealkylation sites (N-methyl/N-ethyl adjacent to an activating group) is 1. The van der Waals surface area contributed by atoms with E-state index in [4.69, 9.17) is 0 Å². The van der Waals surface area contributed by atoms with Crippen LogP contribution in [0.1, 0.15) is 17.3 Å². The summed E-state index contributed by atoms with van der Waals surface area (Å²) in [6.45, 7) is 2.40. The lowest BCUT2D eigenvalue weighted by Crippen LogP contribution is -2.39. The smallest absolute Gasteiger partial charge is 0.271 e. The van der Waals surface area contributed by atoms with Crippen LogP contribution in [0.4, 0.5) is 0 Å². The summed E-state index contributed by atoms with van der Waals surface area (Å²) >= 11 is 1.35. The quantitative estimate of drug-likeness (QED) is 0.822. The van der Waals surface area contributed by atoms with Gasteiger partial charge in [0.2, 0.25) is 0 Å². The number of aromatic nitrogens is 2. The summed E-state index contributed by atoms with van der Waals surface area (Å²) in [5.74, 6) is -0.393. The summed E-state index contributed by atoms with van der Waals surface area (Å²) < 4.78 is 1.38. The number of carbonyl (C=O) groups is 1. The lowest BCUT2D eigenvalue weighted by atomic mass is 10.3. The molecule has 1 amide bonds. The maximum atomic E-state index is 12.0. The fourth-order valence-electron chi connectivity index (χ4n) is 1.42. The van der Waals surface area contributed by atoms with E-state index in [0.717, 1.165) is 0 Å². The van der Waals surface area contributed by atoms with Gasteiger partial charge in [-0.2, -0.15) is 0 Å². The molecule has 1 atom stereocenters. The third-order valence-electron chi connectivity index (χ3n) is 2.65. The zero-order chi connectivity index (χ0) is 13.1. The summed E-state index contributed by atoms with van der Waals surface area (Å²) in [6.07, 6.45) is 2.94. The topological polar surface area (TPSA) is 75.5 Å². The van der Waals surface area contributed by atoms with Gasteiger partial charge in [0.15, 0.2) is 4.96 Å². The highest BCUT2D eigenvalue weighted by Gasteiger charge is 2.13. The van der Waals surface area contributed by atoms with Gasteiger partial charge in [-0.05, 0) is 14.0 Å². The zero-order valence-electron chi connectivity index (χ0n) is 10.1. The Balaban J connectivity index is 2.23. The highest BCUT2D eigenvalue weighted by atomic mass is 32.1. The standard InChI is InChI=1S/C11H14N4O2S/c1-7(12-2)5-13-9(16)8-6-14-11-15(10(8)17)3-4-18-11/h3-4,6-7,12H,5H2,1-2H3,(H,13,16). The van der Waals surface area contributed by atoms with Crippen molar-refractivity contribution < 1.29 is 4.79 Å². The number of rotatable bonds is 4. The molecule has 0 aliphatic heterocycles. The molecule has 2 aromatic heterocycles. The van der Waals surface area contributed by atoms with E-state index in [1.807, 2.05) is 14.0 Å². The van der Waals surface area contributed by atoms with Crippen LogP contribution in [-0.4, -0.2) is 34.9 Å². The number of nitrogens with zero attached hydrogens (tertiary/aromatic N) is 2. The Bertz CT molecular complexity index is 619. The molecule has 2 rings (SSSR count). The van der Waals surface area contributed by atoms with Crippen molar-refractivity contribution in [2.45, 2.75) is 13.0 Å². The Morgan fingerprint density at radius 3 is 3.11 bits per heavy atom. The van der Waals surface area contributed by atoms with E-state index in [1.54, 1.807) is 11.6 Å². The van der Waals surface area contributed by atoms with E-state index in [9.17, 15) is 9.59 Å². The van der Waals surface area contributed by atoms with Crippen LogP contribution in [0.5, 0.6) is 0 Å². The number of nitrogens with one attached hydrogen (secondary N) is 2. The molecule has 0 radical (unpaired) electrons. The van der Waals surface area contributed by atoms with Crippen molar-refractivity contribution in [3.8, 4) is 0 Å². The van der Waals surface area contributed by atoms with E-state index in [0.29, 0.717) is 11.5 Å². The first-order valence-corrected chi connectivity index (χ1v) is 6.41. The lowest BCUT2D eigenvalue weighted by molar-refractivity contribution is 0.0948. The first-order valence-electron chi connectivity index (χ1n) is 5.54. The van der Waals surface area contributed by atoms with Gasteiger partial charge < -0.3 is 10.6 Å². The minimum atomic E-state index is -0.393. The molecule has 2 N–H and O–H groups in total. The molecule has 0 fully saturated rings. The first-order chi connectivity index (χ1) is 8.63. The number of amides is 1.